The van der Waals surface area contributed by atoms with E-state index >= 15 is 0 Å². The van der Waals surface area contributed by atoms with Crippen molar-refractivity contribution in [2.24, 2.45) is 5.92 Å². The fraction of sp³-hybridized carbons (Fsp3) is 0.333. The van der Waals surface area contributed by atoms with Crippen molar-refractivity contribution in [3.63, 3.8) is 0 Å². The zero-order valence-electron chi connectivity index (χ0n) is 12.8. The maximum absolute atomic E-state index is 5.71. The summed E-state index contributed by atoms with van der Waals surface area (Å²) < 4.78 is 5.71. The van der Waals surface area contributed by atoms with Crippen LogP contribution in [0.1, 0.15) is 25.8 Å². The molecule has 0 amide bonds. The second-order valence-electron chi connectivity index (χ2n) is 5.52. The zero-order chi connectivity index (χ0) is 14.9. The van der Waals surface area contributed by atoms with E-state index in [-0.39, 0.29) is 0 Å². The van der Waals surface area contributed by atoms with Crippen LogP contribution in [0.2, 0.25) is 0 Å². The lowest BCUT2D eigenvalue weighted by atomic mass is 10.1. The van der Waals surface area contributed by atoms with Crippen molar-refractivity contribution in [3.05, 3.63) is 60.2 Å². The predicted octanol–water partition coefficient (Wildman–Crippen LogP) is 4.23. The standard InChI is InChI=1S/C18H24N2O/c1-15(2)12-13-21-18-10-8-16(9-11-18)14-19-20-17-6-4-3-5-7-17/h3-11,15,19-20H,12-14H2,1-2H3. The van der Waals surface area contributed by atoms with Gasteiger partial charge in [-0.25, -0.2) is 5.43 Å². The maximum atomic E-state index is 5.71. The summed E-state index contributed by atoms with van der Waals surface area (Å²) in [5.41, 5.74) is 8.66. The van der Waals surface area contributed by atoms with Crippen LogP contribution in [-0.4, -0.2) is 6.61 Å². The molecular weight excluding hydrogens is 260 g/mol. The lowest BCUT2D eigenvalue weighted by Gasteiger charge is -2.10. The molecule has 0 bridgehead atoms. The Morgan fingerprint density at radius 3 is 2.33 bits per heavy atom. The van der Waals surface area contributed by atoms with E-state index in [0.717, 1.165) is 31.0 Å². The number of nitrogens with one attached hydrogen (secondary N) is 2. The second-order valence-corrected chi connectivity index (χ2v) is 5.52. The van der Waals surface area contributed by atoms with Crippen LogP contribution in [0.25, 0.3) is 0 Å². The molecule has 2 N–H and O–H groups in total. The normalized spacial score (nSPS) is 10.6. The molecule has 21 heavy (non-hydrogen) atoms. The minimum absolute atomic E-state index is 0.678. The van der Waals surface area contributed by atoms with Gasteiger partial charge in [-0.2, -0.15) is 0 Å². The van der Waals surface area contributed by atoms with Crippen molar-refractivity contribution in [2.75, 3.05) is 12.0 Å². The highest BCUT2D eigenvalue weighted by Gasteiger charge is 1.98. The summed E-state index contributed by atoms with van der Waals surface area (Å²) in [5.74, 6) is 1.62. The number of benzene rings is 2. The van der Waals surface area contributed by atoms with Gasteiger partial charge < -0.3 is 10.2 Å². The van der Waals surface area contributed by atoms with Crippen molar-refractivity contribution >= 4 is 5.69 Å². The van der Waals surface area contributed by atoms with Crippen LogP contribution in [-0.2, 0) is 6.54 Å². The Balaban J connectivity index is 1.72. The highest BCUT2D eigenvalue weighted by atomic mass is 16.5. The Bertz CT molecular complexity index is 509. The molecule has 112 valence electrons. The predicted molar refractivity (Wildman–Crippen MR) is 88.3 cm³/mol. The number of anilines is 1. The lowest BCUT2D eigenvalue weighted by molar-refractivity contribution is 0.289. The lowest BCUT2D eigenvalue weighted by Crippen LogP contribution is -2.20. The number of para-hydroxylation sites is 1. The molecule has 0 aliphatic heterocycles. The van der Waals surface area contributed by atoms with E-state index in [1.807, 2.05) is 42.5 Å². The largest absolute Gasteiger partial charge is 0.494 e. The highest BCUT2D eigenvalue weighted by molar-refractivity contribution is 5.41. The van der Waals surface area contributed by atoms with E-state index in [0.29, 0.717) is 5.92 Å². The van der Waals surface area contributed by atoms with E-state index in [2.05, 4.69) is 36.8 Å². The monoisotopic (exact) mass is 284 g/mol. The zero-order valence-corrected chi connectivity index (χ0v) is 12.8. The summed E-state index contributed by atoms with van der Waals surface area (Å²) in [4.78, 5) is 0. The van der Waals surface area contributed by atoms with Gasteiger partial charge in [-0.15, -0.1) is 0 Å². The molecule has 2 aromatic carbocycles. The van der Waals surface area contributed by atoms with Gasteiger partial charge in [-0.05, 0) is 42.2 Å². The number of rotatable bonds is 8. The van der Waals surface area contributed by atoms with Gasteiger partial charge in [0, 0.05) is 12.2 Å². The molecule has 0 saturated heterocycles. The Labute approximate surface area is 127 Å². The molecule has 0 unspecified atom stereocenters. The summed E-state index contributed by atoms with van der Waals surface area (Å²) in [6, 6.07) is 18.3. The van der Waals surface area contributed by atoms with Gasteiger partial charge in [-0.1, -0.05) is 44.2 Å². The average molecular weight is 284 g/mol. The third kappa shape index (κ3) is 5.88. The van der Waals surface area contributed by atoms with Crippen LogP contribution in [0.3, 0.4) is 0 Å². The fourth-order valence-electron chi connectivity index (χ4n) is 1.89. The van der Waals surface area contributed by atoms with E-state index in [1.165, 1.54) is 5.56 Å². The fourth-order valence-corrected chi connectivity index (χ4v) is 1.89. The third-order valence-electron chi connectivity index (χ3n) is 3.19. The molecular formula is C18H24N2O. The molecule has 2 rings (SSSR count). The summed E-state index contributed by atoms with van der Waals surface area (Å²) in [6.45, 7) is 5.96. The summed E-state index contributed by atoms with van der Waals surface area (Å²) in [7, 11) is 0. The molecule has 0 aliphatic rings. The van der Waals surface area contributed by atoms with Crippen LogP contribution in [0.5, 0.6) is 5.75 Å². The first kappa shape index (κ1) is 15.4. The molecule has 0 aromatic heterocycles. The molecule has 0 radical (unpaired) electrons. The Kier molecular flexibility index (Phi) is 6.10. The van der Waals surface area contributed by atoms with E-state index in [1.54, 1.807) is 0 Å². The van der Waals surface area contributed by atoms with Gasteiger partial charge in [0.2, 0.25) is 0 Å². The molecule has 0 spiro atoms. The number of hydrogen-bond acceptors (Lipinski definition) is 3. The summed E-state index contributed by atoms with van der Waals surface area (Å²) in [5, 5.41) is 0. The van der Waals surface area contributed by atoms with Crippen LogP contribution >= 0.6 is 0 Å². The Morgan fingerprint density at radius 2 is 1.67 bits per heavy atom. The molecule has 3 heteroatoms. The van der Waals surface area contributed by atoms with Gasteiger partial charge in [-0.3, -0.25) is 0 Å². The van der Waals surface area contributed by atoms with Crippen molar-refractivity contribution in [3.8, 4) is 5.75 Å². The smallest absolute Gasteiger partial charge is 0.119 e. The average Bonchev–Trinajstić information content (AvgIpc) is 2.50. The van der Waals surface area contributed by atoms with Crippen molar-refractivity contribution in [1.82, 2.24) is 5.43 Å². The first-order chi connectivity index (χ1) is 10.2. The van der Waals surface area contributed by atoms with Crippen LogP contribution in [0.4, 0.5) is 5.69 Å². The number of hydrogen-bond donors (Lipinski definition) is 2. The van der Waals surface area contributed by atoms with Gasteiger partial charge in [0.15, 0.2) is 0 Å². The second kappa shape index (κ2) is 8.32. The Morgan fingerprint density at radius 1 is 0.952 bits per heavy atom. The van der Waals surface area contributed by atoms with E-state index < -0.39 is 0 Å². The minimum atomic E-state index is 0.678. The number of ether oxygens (including phenoxy) is 1. The first-order valence-corrected chi connectivity index (χ1v) is 7.49. The SMILES string of the molecule is CC(C)CCOc1ccc(CNNc2ccccc2)cc1. The van der Waals surface area contributed by atoms with Gasteiger partial charge in [0.25, 0.3) is 0 Å². The summed E-state index contributed by atoms with van der Waals surface area (Å²) in [6.07, 6.45) is 1.09. The quantitative estimate of drug-likeness (QED) is 0.712. The molecule has 0 saturated carbocycles. The van der Waals surface area contributed by atoms with Crippen molar-refractivity contribution in [1.29, 1.82) is 0 Å². The van der Waals surface area contributed by atoms with Crippen LogP contribution in [0.15, 0.2) is 54.6 Å². The molecule has 0 fully saturated rings. The minimum Gasteiger partial charge on any atom is -0.494 e. The van der Waals surface area contributed by atoms with Crippen LogP contribution in [0, 0.1) is 5.92 Å². The molecule has 0 aliphatic carbocycles. The maximum Gasteiger partial charge on any atom is 0.119 e. The van der Waals surface area contributed by atoms with E-state index in [9.17, 15) is 0 Å². The molecule has 0 atom stereocenters. The topological polar surface area (TPSA) is 33.3 Å². The van der Waals surface area contributed by atoms with E-state index in [4.69, 9.17) is 4.74 Å². The number of hydrazine groups is 1. The molecule has 3 nitrogen and oxygen atoms in total. The first-order valence-electron chi connectivity index (χ1n) is 7.49. The van der Waals surface area contributed by atoms with Crippen molar-refractivity contribution < 1.29 is 4.74 Å². The van der Waals surface area contributed by atoms with Gasteiger partial charge >= 0.3 is 0 Å². The highest BCUT2D eigenvalue weighted by Crippen LogP contribution is 2.13. The van der Waals surface area contributed by atoms with Gasteiger partial charge in [0.1, 0.15) is 5.75 Å². The molecule has 2 aromatic rings. The third-order valence-corrected chi connectivity index (χ3v) is 3.19. The Hall–Kier alpha value is -2.00. The summed E-state index contributed by atoms with van der Waals surface area (Å²) >= 11 is 0. The van der Waals surface area contributed by atoms with Crippen molar-refractivity contribution in [2.45, 2.75) is 26.8 Å². The molecule has 0 heterocycles. The van der Waals surface area contributed by atoms with Gasteiger partial charge in [0.05, 0.1) is 6.61 Å². The van der Waals surface area contributed by atoms with Crippen LogP contribution < -0.4 is 15.6 Å².